The van der Waals surface area contributed by atoms with Crippen LogP contribution < -0.4 is 0 Å². The molecule has 0 aromatic heterocycles. The Labute approximate surface area is 191 Å². The molecule has 0 atom stereocenters. The monoisotopic (exact) mass is 460 g/mol. The molecule has 0 spiro atoms. The molecular formula is C26H21O6P. The second-order valence-corrected chi connectivity index (χ2v) is 8.61. The summed E-state index contributed by atoms with van der Waals surface area (Å²) in [6.07, 6.45) is 0. The van der Waals surface area contributed by atoms with E-state index in [0.29, 0.717) is 5.56 Å². The number of phenols is 1. The normalized spacial score (nSPS) is 11.7. The summed E-state index contributed by atoms with van der Waals surface area (Å²) in [6.45, 7) is 0. The molecule has 0 bridgehead atoms. The number of benzene rings is 4. The predicted molar refractivity (Wildman–Crippen MR) is 124 cm³/mol. The highest BCUT2D eigenvalue weighted by Gasteiger charge is 2.39. The molecule has 3 N–H and O–H groups in total. The van der Waals surface area contributed by atoms with Crippen LogP contribution in [0.4, 0.5) is 0 Å². The fourth-order valence-corrected chi connectivity index (χ4v) is 4.47. The van der Waals surface area contributed by atoms with Crippen LogP contribution in [0, 0.1) is 0 Å². The second-order valence-electron chi connectivity index (χ2n) is 7.45. The van der Waals surface area contributed by atoms with E-state index in [1.165, 1.54) is 12.1 Å². The number of rotatable bonds is 6. The van der Waals surface area contributed by atoms with E-state index in [9.17, 15) is 14.5 Å². The standard InChI is InChI=1S/C26H21O6P/c27-24-17-16-22(18-23(24)25(28)32-33(29,30)31)26(19-10-4-1-5-11-19,20-12-6-2-7-13-20)21-14-8-3-9-15-21/h1-18,27H,(H2,29,30,31). The van der Waals surface area contributed by atoms with Gasteiger partial charge in [-0.05, 0) is 34.4 Å². The molecule has 0 unspecified atom stereocenters. The molecule has 0 amide bonds. The third-order valence-corrected chi connectivity index (χ3v) is 5.88. The highest BCUT2D eigenvalue weighted by Crippen LogP contribution is 2.46. The molecule has 33 heavy (non-hydrogen) atoms. The Balaban J connectivity index is 2.06. The van der Waals surface area contributed by atoms with Crippen molar-refractivity contribution in [3.8, 4) is 5.75 Å². The third-order valence-electron chi connectivity index (χ3n) is 5.47. The minimum atomic E-state index is -5.10. The van der Waals surface area contributed by atoms with E-state index in [2.05, 4.69) is 4.52 Å². The highest BCUT2D eigenvalue weighted by molar-refractivity contribution is 7.46. The van der Waals surface area contributed by atoms with Gasteiger partial charge in [0.25, 0.3) is 0 Å². The van der Waals surface area contributed by atoms with Gasteiger partial charge in [0, 0.05) is 0 Å². The maximum absolute atomic E-state index is 12.5. The molecule has 0 saturated carbocycles. The first-order valence-electron chi connectivity index (χ1n) is 10.1. The van der Waals surface area contributed by atoms with Crippen LogP contribution in [0.1, 0.15) is 32.6 Å². The van der Waals surface area contributed by atoms with Crippen molar-refractivity contribution in [2.24, 2.45) is 0 Å². The molecule has 7 heteroatoms. The van der Waals surface area contributed by atoms with Gasteiger partial charge in [0.1, 0.15) is 11.3 Å². The van der Waals surface area contributed by atoms with Gasteiger partial charge in [0.2, 0.25) is 0 Å². The van der Waals surface area contributed by atoms with Crippen molar-refractivity contribution in [3.63, 3.8) is 0 Å². The van der Waals surface area contributed by atoms with Gasteiger partial charge in [0.05, 0.1) is 5.41 Å². The average molecular weight is 460 g/mol. The summed E-state index contributed by atoms with van der Waals surface area (Å²) in [5.41, 5.74) is 2.09. The predicted octanol–water partition coefficient (Wildman–Crippen LogP) is 5.02. The lowest BCUT2D eigenvalue weighted by atomic mass is 9.65. The van der Waals surface area contributed by atoms with Crippen LogP contribution in [0.5, 0.6) is 5.75 Å². The van der Waals surface area contributed by atoms with Gasteiger partial charge in [-0.25, -0.2) is 9.36 Å². The summed E-state index contributed by atoms with van der Waals surface area (Å²) in [7, 11) is -5.10. The number of hydrogen-bond acceptors (Lipinski definition) is 4. The van der Waals surface area contributed by atoms with Gasteiger partial charge in [-0.3, -0.25) is 9.79 Å². The van der Waals surface area contributed by atoms with Crippen molar-refractivity contribution in [2.75, 3.05) is 0 Å². The first kappa shape index (κ1) is 22.5. The molecule has 166 valence electrons. The van der Waals surface area contributed by atoms with E-state index >= 15 is 0 Å². The Hall–Kier alpha value is -3.70. The van der Waals surface area contributed by atoms with Crippen LogP contribution in [-0.4, -0.2) is 20.9 Å². The number of hydrogen-bond donors (Lipinski definition) is 3. The summed E-state index contributed by atoms with van der Waals surface area (Å²) in [5.74, 6) is -1.76. The Kier molecular flexibility index (Phi) is 6.16. The quantitative estimate of drug-likeness (QED) is 0.276. The fourth-order valence-electron chi connectivity index (χ4n) is 4.15. The van der Waals surface area contributed by atoms with E-state index < -0.39 is 25.0 Å². The first-order chi connectivity index (χ1) is 15.8. The van der Waals surface area contributed by atoms with Gasteiger partial charge in [-0.15, -0.1) is 0 Å². The Morgan fingerprint density at radius 2 is 1.09 bits per heavy atom. The number of carbonyl (C=O) groups is 1. The smallest absolute Gasteiger partial charge is 0.507 e. The van der Waals surface area contributed by atoms with Crippen LogP contribution in [0.25, 0.3) is 0 Å². The lowest BCUT2D eigenvalue weighted by molar-refractivity contribution is 0.0674. The molecule has 4 aromatic rings. The maximum Gasteiger partial charge on any atom is 0.527 e. The Morgan fingerprint density at radius 1 is 0.667 bits per heavy atom. The summed E-state index contributed by atoms with van der Waals surface area (Å²) in [6, 6.07) is 33.5. The number of phosphoric acid groups is 1. The van der Waals surface area contributed by atoms with Gasteiger partial charge in [-0.2, -0.15) is 0 Å². The van der Waals surface area contributed by atoms with E-state index in [-0.39, 0.29) is 5.56 Å². The molecule has 0 aliphatic rings. The number of aromatic hydroxyl groups is 1. The third kappa shape index (κ3) is 4.45. The fraction of sp³-hybridized carbons (Fsp3) is 0.0385. The molecule has 0 aliphatic carbocycles. The lowest BCUT2D eigenvalue weighted by Crippen LogP contribution is -2.31. The van der Waals surface area contributed by atoms with E-state index in [1.54, 1.807) is 6.07 Å². The van der Waals surface area contributed by atoms with Gasteiger partial charge in [-0.1, -0.05) is 97.1 Å². The minimum Gasteiger partial charge on any atom is -0.507 e. The van der Waals surface area contributed by atoms with Gasteiger partial charge in [0.15, 0.2) is 0 Å². The topological polar surface area (TPSA) is 104 Å². The molecule has 0 aliphatic heterocycles. The molecule has 0 saturated heterocycles. The first-order valence-corrected chi connectivity index (χ1v) is 11.6. The highest BCUT2D eigenvalue weighted by atomic mass is 31.2. The lowest BCUT2D eigenvalue weighted by Gasteiger charge is -2.37. The van der Waals surface area contributed by atoms with Crippen molar-refractivity contribution in [3.05, 3.63) is 137 Å². The molecular weight excluding hydrogens is 439 g/mol. The molecule has 0 heterocycles. The second kappa shape index (κ2) is 9.04. The largest absolute Gasteiger partial charge is 0.527 e. The summed E-state index contributed by atoms with van der Waals surface area (Å²) >= 11 is 0. The van der Waals surface area contributed by atoms with Crippen LogP contribution in [-0.2, 0) is 14.5 Å². The van der Waals surface area contributed by atoms with Crippen molar-refractivity contribution < 1.29 is 28.8 Å². The van der Waals surface area contributed by atoms with Crippen molar-refractivity contribution in [1.29, 1.82) is 0 Å². The van der Waals surface area contributed by atoms with Crippen molar-refractivity contribution >= 4 is 13.8 Å². The van der Waals surface area contributed by atoms with E-state index in [0.717, 1.165) is 16.7 Å². The van der Waals surface area contributed by atoms with Crippen LogP contribution in [0.3, 0.4) is 0 Å². The molecule has 4 rings (SSSR count). The minimum absolute atomic E-state index is 0.344. The van der Waals surface area contributed by atoms with Crippen LogP contribution in [0.2, 0.25) is 0 Å². The van der Waals surface area contributed by atoms with Crippen LogP contribution in [0.15, 0.2) is 109 Å². The Morgan fingerprint density at radius 3 is 1.48 bits per heavy atom. The van der Waals surface area contributed by atoms with Gasteiger partial charge < -0.3 is 9.63 Å². The summed E-state index contributed by atoms with van der Waals surface area (Å²) in [4.78, 5) is 30.7. The SMILES string of the molecule is O=C(OP(=O)(O)O)c1cc(C(c2ccccc2)(c2ccccc2)c2ccccc2)ccc1O. The Bertz CT molecular complexity index is 1200. The summed E-state index contributed by atoms with van der Waals surface area (Å²) < 4.78 is 15.5. The molecule has 4 aromatic carbocycles. The van der Waals surface area contributed by atoms with E-state index in [1.807, 2.05) is 91.0 Å². The number of phosphoric ester groups is 1. The van der Waals surface area contributed by atoms with Crippen molar-refractivity contribution in [1.82, 2.24) is 0 Å². The maximum atomic E-state index is 12.5. The molecule has 6 nitrogen and oxygen atoms in total. The zero-order chi connectivity index (χ0) is 23.5. The van der Waals surface area contributed by atoms with E-state index in [4.69, 9.17) is 9.79 Å². The molecule has 0 radical (unpaired) electrons. The molecule has 0 fully saturated rings. The number of carbonyl (C=O) groups excluding carboxylic acids is 1. The summed E-state index contributed by atoms with van der Waals surface area (Å²) in [5, 5.41) is 10.3. The van der Waals surface area contributed by atoms with Crippen molar-refractivity contribution in [2.45, 2.75) is 5.41 Å². The van der Waals surface area contributed by atoms with Gasteiger partial charge >= 0.3 is 13.8 Å². The zero-order valence-corrected chi connectivity index (χ0v) is 18.3. The zero-order valence-electron chi connectivity index (χ0n) is 17.4. The van der Waals surface area contributed by atoms with Crippen LogP contribution >= 0.6 is 7.82 Å². The number of phenolic OH excluding ortho intramolecular Hbond substituents is 1. The average Bonchev–Trinajstić information content (AvgIpc) is 2.81.